The van der Waals surface area contributed by atoms with Gasteiger partial charge in [-0.15, -0.1) is 0 Å². The minimum atomic E-state index is 0.354. The number of allylic oxidation sites excluding steroid dienone is 2. The van der Waals surface area contributed by atoms with Crippen LogP contribution < -0.4 is 4.90 Å². The molecule has 5 nitrogen and oxygen atoms in total. The van der Waals surface area contributed by atoms with Crippen LogP contribution in [0.15, 0.2) is 115 Å². The van der Waals surface area contributed by atoms with Crippen LogP contribution in [0.3, 0.4) is 0 Å². The summed E-state index contributed by atoms with van der Waals surface area (Å²) in [5.74, 6) is 0. The van der Waals surface area contributed by atoms with E-state index in [1.807, 2.05) is 36.4 Å². The smallest absolute Gasteiger partial charge is 0.101 e. The van der Waals surface area contributed by atoms with Gasteiger partial charge in [0.2, 0.25) is 0 Å². The van der Waals surface area contributed by atoms with Crippen LogP contribution in [0.4, 0.5) is 17.1 Å². The second-order valence-corrected chi connectivity index (χ2v) is 10.3. The molecule has 0 radical (unpaired) electrons. The molecule has 5 heteroatoms. The van der Waals surface area contributed by atoms with Crippen LogP contribution in [-0.4, -0.2) is 0 Å². The molecule has 0 spiro atoms. The Balaban J connectivity index is 1.41. The molecule has 0 fully saturated rings. The Labute approximate surface area is 256 Å². The average Bonchev–Trinajstić information content (AvgIpc) is 3.33. The lowest BCUT2D eigenvalue weighted by Crippen LogP contribution is -2.10. The zero-order valence-corrected chi connectivity index (χ0v) is 23.6. The maximum absolute atomic E-state index is 9.49. The Morgan fingerprint density at radius 3 is 1.32 bits per heavy atom. The summed E-state index contributed by atoms with van der Waals surface area (Å²) in [6.45, 7) is 0. The number of anilines is 3. The van der Waals surface area contributed by atoms with E-state index >= 15 is 0 Å². The molecule has 0 saturated heterocycles. The number of fused-ring (bicyclic) bond motifs is 1. The highest BCUT2D eigenvalue weighted by Crippen LogP contribution is 2.38. The zero-order valence-electron chi connectivity index (χ0n) is 23.6. The fraction of sp³-hybridized carbons (Fsp3) is 0.0256. The summed E-state index contributed by atoms with van der Waals surface area (Å²) in [7, 11) is 0. The van der Waals surface area contributed by atoms with E-state index in [1.165, 1.54) is 0 Å². The van der Waals surface area contributed by atoms with Crippen LogP contribution in [0, 0.1) is 45.3 Å². The molecule has 1 aliphatic carbocycles. The number of benzene rings is 5. The predicted octanol–water partition coefficient (Wildman–Crippen LogP) is 9.41. The quantitative estimate of drug-likeness (QED) is 0.213. The number of rotatable bonds is 5. The van der Waals surface area contributed by atoms with Gasteiger partial charge in [0.05, 0.1) is 22.3 Å². The third-order valence-corrected chi connectivity index (χ3v) is 7.63. The summed E-state index contributed by atoms with van der Waals surface area (Å²) >= 11 is 0. The highest BCUT2D eigenvalue weighted by Gasteiger charge is 2.15. The molecule has 6 rings (SSSR count). The van der Waals surface area contributed by atoms with Crippen molar-refractivity contribution in [2.75, 3.05) is 4.90 Å². The Kier molecular flexibility index (Phi) is 7.54. The van der Waals surface area contributed by atoms with Gasteiger partial charge in [-0.1, -0.05) is 66.8 Å². The van der Waals surface area contributed by atoms with Crippen molar-refractivity contribution in [3.8, 4) is 46.5 Å². The molecule has 0 amide bonds. The predicted molar refractivity (Wildman–Crippen MR) is 174 cm³/mol. The first-order chi connectivity index (χ1) is 21.6. The molecule has 0 aromatic heterocycles. The molecule has 0 aliphatic heterocycles. The third kappa shape index (κ3) is 5.34. The van der Waals surface area contributed by atoms with Crippen molar-refractivity contribution in [1.82, 2.24) is 0 Å². The van der Waals surface area contributed by atoms with Gasteiger partial charge in [-0.05, 0) is 100 Å². The molecule has 0 bridgehead atoms. The fourth-order valence-electron chi connectivity index (χ4n) is 5.35. The van der Waals surface area contributed by atoms with Gasteiger partial charge in [0.25, 0.3) is 0 Å². The highest BCUT2D eigenvalue weighted by atomic mass is 15.1. The van der Waals surface area contributed by atoms with Crippen molar-refractivity contribution < 1.29 is 0 Å². The van der Waals surface area contributed by atoms with Crippen molar-refractivity contribution in [2.45, 2.75) is 6.42 Å². The van der Waals surface area contributed by atoms with E-state index in [-0.39, 0.29) is 0 Å². The van der Waals surface area contributed by atoms with Crippen molar-refractivity contribution in [2.24, 2.45) is 0 Å². The Morgan fingerprint density at radius 2 is 0.841 bits per heavy atom. The molecule has 0 atom stereocenters. The van der Waals surface area contributed by atoms with Gasteiger partial charge in [-0.25, -0.2) is 0 Å². The summed E-state index contributed by atoms with van der Waals surface area (Å²) < 4.78 is 0. The van der Waals surface area contributed by atoms with Crippen LogP contribution >= 0.6 is 0 Å². The molecule has 44 heavy (non-hydrogen) atoms. The van der Waals surface area contributed by atoms with Gasteiger partial charge in [0.1, 0.15) is 24.3 Å². The van der Waals surface area contributed by atoms with E-state index in [1.54, 1.807) is 24.3 Å². The second-order valence-electron chi connectivity index (χ2n) is 10.3. The van der Waals surface area contributed by atoms with Crippen LogP contribution in [0.25, 0.3) is 34.4 Å². The van der Waals surface area contributed by atoms with Gasteiger partial charge >= 0.3 is 0 Å². The molecule has 204 valence electrons. The Hall–Kier alpha value is -6.66. The number of hydrogen-bond donors (Lipinski definition) is 0. The Bertz CT molecular complexity index is 2010. The van der Waals surface area contributed by atoms with E-state index in [0.717, 1.165) is 56.9 Å². The lowest BCUT2D eigenvalue weighted by molar-refractivity contribution is 1.28. The van der Waals surface area contributed by atoms with Crippen LogP contribution in [0.1, 0.15) is 39.8 Å². The van der Waals surface area contributed by atoms with Gasteiger partial charge in [0.15, 0.2) is 0 Å². The molecule has 0 unspecified atom stereocenters. The molecule has 1 aliphatic rings. The largest absolute Gasteiger partial charge is 0.310 e. The van der Waals surface area contributed by atoms with E-state index in [2.05, 4.69) is 95.9 Å². The fourth-order valence-corrected chi connectivity index (χ4v) is 5.35. The van der Waals surface area contributed by atoms with Crippen LogP contribution in [0.5, 0.6) is 0 Å². The minimum absolute atomic E-state index is 0.354. The van der Waals surface area contributed by atoms with Gasteiger partial charge in [-0.3, -0.25) is 0 Å². The number of hydrogen-bond acceptors (Lipinski definition) is 5. The van der Waals surface area contributed by atoms with E-state index in [0.29, 0.717) is 22.3 Å². The first-order valence-corrected chi connectivity index (χ1v) is 14.0. The summed E-state index contributed by atoms with van der Waals surface area (Å²) in [6, 6.07) is 41.7. The summed E-state index contributed by atoms with van der Waals surface area (Å²) in [5, 5.41) is 37.6. The second kappa shape index (κ2) is 12.1. The summed E-state index contributed by atoms with van der Waals surface area (Å²) in [4.78, 5) is 2.19. The zero-order chi connectivity index (χ0) is 30.5. The maximum atomic E-state index is 9.49. The summed E-state index contributed by atoms with van der Waals surface area (Å²) in [6.07, 6.45) is 9.49. The average molecular weight is 562 g/mol. The topological polar surface area (TPSA) is 98.4 Å². The van der Waals surface area contributed by atoms with E-state index in [4.69, 9.17) is 0 Å². The molecule has 0 heterocycles. The molecule has 0 N–H and O–H groups in total. The van der Waals surface area contributed by atoms with E-state index < -0.39 is 0 Å². The SMILES string of the molecule is N#Cc1ccc(-c2ccc(N(c3ccc(-c4ccc(C#N)c(C#N)c4)cc3)c3ccc4c(c3)C=CCC=C4)cc2)cc1C#N. The van der Waals surface area contributed by atoms with Gasteiger partial charge < -0.3 is 4.90 Å². The van der Waals surface area contributed by atoms with Crippen LogP contribution in [0.2, 0.25) is 0 Å². The lowest BCUT2D eigenvalue weighted by atomic mass is 9.99. The highest BCUT2D eigenvalue weighted by molar-refractivity contribution is 5.82. The lowest BCUT2D eigenvalue weighted by Gasteiger charge is -2.26. The Morgan fingerprint density at radius 1 is 0.409 bits per heavy atom. The number of nitriles is 4. The molecule has 0 saturated carbocycles. The standard InChI is InChI=1S/C39H23N5/c40-23-33-8-6-31(20-35(33)25-42)28-10-15-37(16-11-28)44(39-19-14-27-4-2-1-3-5-30(27)22-39)38-17-12-29(13-18-38)32-7-9-34(24-41)36(21-32)26-43/h2-22H,1H2. The third-order valence-electron chi connectivity index (χ3n) is 7.63. The molecular formula is C39H23N5. The molecule has 5 aromatic rings. The van der Waals surface area contributed by atoms with Crippen molar-refractivity contribution in [3.63, 3.8) is 0 Å². The van der Waals surface area contributed by atoms with Gasteiger partial charge in [0, 0.05) is 17.1 Å². The van der Waals surface area contributed by atoms with Crippen molar-refractivity contribution in [1.29, 1.82) is 21.0 Å². The first kappa shape index (κ1) is 27.5. The normalized spacial score (nSPS) is 11.3. The van der Waals surface area contributed by atoms with Crippen LogP contribution in [-0.2, 0) is 0 Å². The maximum Gasteiger partial charge on any atom is 0.101 e. The van der Waals surface area contributed by atoms with Gasteiger partial charge in [-0.2, -0.15) is 21.0 Å². The molecular weight excluding hydrogens is 538 g/mol. The molecule has 5 aromatic carbocycles. The first-order valence-electron chi connectivity index (χ1n) is 14.0. The minimum Gasteiger partial charge on any atom is -0.310 e. The van der Waals surface area contributed by atoms with Crippen molar-refractivity contribution >= 4 is 29.2 Å². The van der Waals surface area contributed by atoms with E-state index in [9.17, 15) is 21.0 Å². The van der Waals surface area contributed by atoms with Crippen molar-refractivity contribution in [3.05, 3.63) is 149 Å². The monoisotopic (exact) mass is 561 g/mol. The number of nitrogens with zero attached hydrogens (tertiary/aromatic N) is 5. The summed E-state index contributed by atoms with van der Waals surface area (Å²) in [5.41, 5.74) is 10.2.